The number of nitrogens with zero attached hydrogens (tertiary/aromatic N) is 1. The SMILES string of the molecule is CN(C)CC(O)CNc1ccc2c(c1)OCCCO2. The largest absolute Gasteiger partial charge is 0.490 e. The van der Waals surface area contributed by atoms with Gasteiger partial charge in [-0.05, 0) is 26.2 Å². The second kappa shape index (κ2) is 6.63. The number of nitrogens with one attached hydrogen (secondary N) is 1. The molecule has 2 N–H and O–H groups in total. The lowest BCUT2D eigenvalue weighted by atomic mass is 10.2. The van der Waals surface area contributed by atoms with Crippen LogP contribution in [0.1, 0.15) is 6.42 Å². The molecule has 0 bridgehead atoms. The predicted octanol–water partition coefficient (Wildman–Crippen LogP) is 1.18. The first-order valence-electron chi connectivity index (χ1n) is 6.61. The highest BCUT2D eigenvalue weighted by Gasteiger charge is 2.11. The van der Waals surface area contributed by atoms with Crippen LogP contribution in [0.25, 0.3) is 0 Å². The first-order valence-corrected chi connectivity index (χ1v) is 6.61. The number of hydrogen-bond donors (Lipinski definition) is 2. The van der Waals surface area contributed by atoms with Gasteiger partial charge in [0.1, 0.15) is 0 Å². The minimum absolute atomic E-state index is 0.397. The summed E-state index contributed by atoms with van der Waals surface area (Å²) < 4.78 is 11.2. The Morgan fingerprint density at radius 3 is 2.74 bits per heavy atom. The normalized spacial score (nSPS) is 16.0. The van der Waals surface area contributed by atoms with E-state index in [0.29, 0.717) is 26.3 Å². The average Bonchev–Trinajstić information content (AvgIpc) is 2.60. The molecule has 1 atom stereocenters. The molecule has 0 saturated heterocycles. The summed E-state index contributed by atoms with van der Waals surface area (Å²) in [6.07, 6.45) is 0.505. The van der Waals surface area contributed by atoms with E-state index >= 15 is 0 Å². The number of aliphatic hydroxyl groups excluding tert-OH is 1. The molecule has 0 fully saturated rings. The number of likely N-dealkylation sites (N-methyl/N-ethyl adjacent to an activating group) is 1. The second-order valence-corrected chi connectivity index (χ2v) is 5.01. The highest BCUT2D eigenvalue weighted by molar-refractivity contribution is 5.55. The molecule has 1 aromatic carbocycles. The fourth-order valence-electron chi connectivity index (χ4n) is 1.99. The van der Waals surface area contributed by atoms with Crippen molar-refractivity contribution in [3.63, 3.8) is 0 Å². The summed E-state index contributed by atoms with van der Waals surface area (Å²) in [5, 5.41) is 13.0. The molecular weight excluding hydrogens is 244 g/mol. The molecule has 2 rings (SSSR count). The van der Waals surface area contributed by atoms with Crippen LogP contribution in [0.2, 0.25) is 0 Å². The summed E-state index contributed by atoms with van der Waals surface area (Å²) in [7, 11) is 3.88. The third-order valence-electron chi connectivity index (χ3n) is 2.87. The third-order valence-corrected chi connectivity index (χ3v) is 2.87. The molecule has 0 amide bonds. The number of benzene rings is 1. The fourth-order valence-corrected chi connectivity index (χ4v) is 1.99. The van der Waals surface area contributed by atoms with Gasteiger partial charge in [0.25, 0.3) is 0 Å². The highest BCUT2D eigenvalue weighted by Crippen LogP contribution is 2.32. The molecule has 1 aliphatic rings. The number of hydrogen-bond acceptors (Lipinski definition) is 5. The topological polar surface area (TPSA) is 54.0 Å². The Morgan fingerprint density at radius 1 is 1.26 bits per heavy atom. The lowest BCUT2D eigenvalue weighted by Gasteiger charge is -2.17. The van der Waals surface area contributed by atoms with E-state index in [9.17, 15) is 5.11 Å². The minimum atomic E-state index is -0.397. The van der Waals surface area contributed by atoms with E-state index in [2.05, 4.69) is 5.32 Å². The van der Waals surface area contributed by atoms with Crippen molar-refractivity contribution in [1.82, 2.24) is 4.90 Å². The zero-order valence-electron chi connectivity index (χ0n) is 11.6. The minimum Gasteiger partial charge on any atom is -0.490 e. The van der Waals surface area contributed by atoms with Crippen LogP contribution >= 0.6 is 0 Å². The van der Waals surface area contributed by atoms with E-state index in [1.165, 1.54) is 0 Å². The number of ether oxygens (including phenoxy) is 2. The van der Waals surface area contributed by atoms with Crippen molar-refractivity contribution < 1.29 is 14.6 Å². The van der Waals surface area contributed by atoms with E-state index in [-0.39, 0.29) is 0 Å². The summed E-state index contributed by atoms with van der Waals surface area (Å²) in [6.45, 7) is 2.52. The van der Waals surface area contributed by atoms with Gasteiger partial charge in [-0.25, -0.2) is 0 Å². The Hall–Kier alpha value is -1.46. The Morgan fingerprint density at radius 2 is 2.00 bits per heavy atom. The van der Waals surface area contributed by atoms with Gasteiger partial charge in [0.15, 0.2) is 11.5 Å². The summed E-state index contributed by atoms with van der Waals surface area (Å²) in [4.78, 5) is 1.96. The third kappa shape index (κ3) is 4.29. The smallest absolute Gasteiger partial charge is 0.163 e. The summed E-state index contributed by atoms with van der Waals surface area (Å²) in [5.74, 6) is 1.56. The zero-order chi connectivity index (χ0) is 13.7. The first-order chi connectivity index (χ1) is 9.15. The standard InChI is InChI=1S/C14H22N2O3/c1-16(2)10-12(17)9-15-11-4-5-13-14(8-11)19-7-3-6-18-13/h4-5,8,12,15,17H,3,6-7,9-10H2,1-2H3. The summed E-state index contributed by atoms with van der Waals surface area (Å²) in [6, 6.07) is 5.76. The van der Waals surface area contributed by atoms with E-state index in [1.807, 2.05) is 37.2 Å². The number of fused-ring (bicyclic) bond motifs is 1. The van der Waals surface area contributed by atoms with Crippen molar-refractivity contribution in [3.05, 3.63) is 18.2 Å². The van der Waals surface area contributed by atoms with Gasteiger partial charge in [-0.3, -0.25) is 0 Å². The maximum Gasteiger partial charge on any atom is 0.163 e. The molecule has 0 spiro atoms. The summed E-state index contributed by atoms with van der Waals surface area (Å²) >= 11 is 0. The van der Waals surface area contributed by atoms with Crippen LogP contribution in [0, 0.1) is 0 Å². The molecule has 0 radical (unpaired) electrons. The molecule has 5 heteroatoms. The van der Waals surface area contributed by atoms with Gasteiger partial charge < -0.3 is 24.8 Å². The molecule has 0 aliphatic carbocycles. The van der Waals surface area contributed by atoms with Crippen molar-refractivity contribution >= 4 is 5.69 Å². The maximum absolute atomic E-state index is 9.80. The molecule has 106 valence electrons. The van der Waals surface area contributed by atoms with E-state index in [0.717, 1.165) is 23.6 Å². The summed E-state index contributed by atoms with van der Waals surface area (Å²) in [5.41, 5.74) is 0.932. The molecule has 1 aliphatic heterocycles. The van der Waals surface area contributed by atoms with Crippen molar-refractivity contribution in [1.29, 1.82) is 0 Å². The molecule has 1 aromatic rings. The Kier molecular flexibility index (Phi) is 4.87. The Balaban J connectivity index is 1.92. The molecule has 0 saturated carbocycles. The van der Waals surface area contributed by atoms with Crippen molar-refractivity contribution in [3.8, 4) is 11.5 Å². The van der Waals surface area contributed by atoms with E-state index < -0.39 is 6.10 Å². The second-order valence-electron chi connectivity index (χ2n) is 5.01. The van der Waals surface area contributed by atoms with Gasteiger partial charge in [0.05, 0.1) is 19.3 Å². The predicted molar refractivity (Wildman–Crippen MR) is 75.1 cm³/mol. The Labute approximate surface area is 114 Å². The van der Waals surface area contributed by atoms with Crippen LogP contribution in [-0.2, 0) is 0 Å². The fraction of sp³-hybridized carbons (Fsp3) is 0.571. The lowest BCUT2D eigenvalue weighted by Crippen LogP contribution is -2.31. The van der Waals surface area contributed by atoms with Crippen molar-refractivity contribution in [2.24, 2.45) is 0 Å². The van der Waals surface area contributed by atoms with Crippen molar-refractivity contribution in [2.45, 2.75) is 12.5 Å². The van der Waals surface area contributed by atoms with Crippen LogP contribution < -0.4 is 14.8 Å². The van der Waals surface area contributed by atoms with E-state index in [1.54, 1.807) is 0 Å². The van der Waals surface area contributed by atoms with Gasteiger partial charge in [0.2, 0.25) is 0 Å². The quantitative estimate of drug-likeness (QED) is 0.838. The van der Waals surface area contributed by atoms with Crippen LogP contribution in [0.15, 0.2) is 18.2 Å². The number of anilines is 1. The molecule has 1 unspecified atom stereocenters. The van der Waals surface area contributed by atoms with Gasteiger partial charge in [-0.15, -0.1) is 0 Å². The van der Waals surface area contributed by atoms with E-state index in [4.69, 9.17) is 9.47 Å². The van der Waals surface area contributed by atoms with Gasteiger partial charge >= 0.3 is 0 Å². The average molecular weight is 266 g/mol. The monoisotopic (exact) mass is 266 g/mol. The van der Waals surface area contributed by atoms with Crippen LogP contribution in [-0.4, -0.2) is 56.5 Å². The molecule has 5 nitrogen and oxygen atoms in total. The van der Waals surface area contributed by atoms with Crippen molar-refractivity contribution in [2.75, 3.05) is 45.7 Å². The highest BCUT2D eigenvalue weighted by atomic mass is 16.5. The van der Waals surface area contributed by atoms with Gasteiger partial charge in [-0.1, -0.05) is 0 Å². The van der Waals surface area contributed by atoms with Crippen LogP contribution in [0.4, 0.5) is 5.69 Å². The lowest BCUT2D eigenvalue weighted by molar-refractivity contribution is 0.148. The molecular formula is C14H22N2O3. The Bertz CT molecular complexity index is 410. The molecule has 1 heterocycles. The number of aliphatic hydroxyl groups is 1. The van der Waals surface area contributed by atoms with Gasteiger partial charge in [0, 0.05) is 31.3 Å². The molecule has 19 heavy (non-hydrogen) atoms. The molecule has 0 aromatic heterocycles. The van der Waals surface area contributed by atoms with Crippen LogP contribution in [0.5, 0.6) is 11.5 Å². The van der Waals surface area contributed by atoms with Gasteiger partial charge in [-0.2, -0.15) is 0 Å². The maximum atomic E-state index is 9.80. The number of rotatable bonds is 5. The first kappa shape index (κ1) is 14.0. The van der Waals surface area contributed by atoms with Crippen LogP contribution in [0.3, 0.4) is 0 Å². The zero-order valence-corrected chi connectivity index (χ0v) is 11.6.